The Labute approximate surface area is 81.0 Å². The average molecular weight is 177 g/mol. The Bertz CT molecular complexity index is 289. The summed E-state index contributed by atoms with van der Waals surface area (Å²) in [6.07, 6.45) is 3.36. The minimum atomic E-state index is 0.985. The quantitative estimate of drug-likeness (QED) is 0.705. The zero-order valence-electron chi connectivity index (χ0n) is 8.85. The van der Waals surface area contributed by atoms with Gasteiger partial charge in [0.15, 0.2) is 0 Å². The van der Waals surface area contributed by atoms with Gasteiger partial charge in [-0.2, -0.15) is 0 Å². The van der Waals surface area contributed by atoms with Gasteiger partial charge in [-0.15, -0.1) is 0 Å². The number of rotatable bonds is 3. The van der Waals surface area contributed by atoms with Crippen molar-refractivity contribution < 1.29 is 0 Å². The highest BCUT2D eigenvalue weighted by Gasteiger charge is 2.03. The predicted molar refractivity (Wildman–Crippen MR) is 59.0 cm³/mol. The molecule has 72 valence electrons. The van der Waals surface area contributed by atoms with Crippen LogP contribution in [0.1, 0.15) is 37.0 Å². The predicted octanol–water partition coefficient (Wildman–Crippen LogP) is 3.09. The van der Waals surface area contributed by atoms with Crippen LogP contribution >= 0.6 is 0 Å². The van der Waals surface area contributed by atoms with Crippen LogP contribution in [0.25, 0.3) is 0 Å². The van der Waals surface area contributed by atoms with Crippen molar-refractivity contribution in [1.82, 2.24) is 0 Å². The van der Waals surface area contributed by atoms with Crippen LogP contribution in [0, 0.1) is 6.92 Å². The van der Waals surface area contributed by atoms with E-state index < -0.39 is 0 Å². The third-order valence-electron chi connectivity index (χ3n) is 2.46. The van der Waals surface area contributed by atoms with Crippen molar-refractivity contribution in [3.8, 4) is 0 Å². The van der Waals surface area contributed by atoms with E-state index in [4.69, 9.17) is 5.73 Å². The van der Waals surface area contributed by atoms with Gasteiger partial charge in [0.2, 0.25) is 0 Å². The molecule has 0 unspecified atom stereocenters. The molecule has 0 bridgehead atoms. The fraction of sp³-hybridized carbons (Fsp3) is 0.500. The topological polar surface area (TPSA) is 26.0 Å². The lowest BCUT2D eigenvalue weighted by Gasteiger charge is -2.10. The van der Waals surface area contributed by atoms with Crippen molar-refractivity contribution in [2.45, 2.75) is 40.0 Å². The maximum atomic E-state index is 5.99. The van der Waals surface area contributed by atoms with Crippen molar-refractivity contribution in [1.29, 1.82) is 0 Å². The van der Waals surface area contributed by atoms with Crippen molar-refractivity contribution >= 4 is 5.69 Å². The second kappa shape index (κ2) is 4.31. The highest BCUT2D eigenvalue weighted by atomic mass is 14.6. The first kappa shape index (κ1) is 10.1. The van der Waals surface area contributed by atoms with E-state index in [1.807, 2.05) is 0 Å². The molecule has 0 heterocycles. The van der Waals surface area contributed by atoms with Crippen LogP contribution < -0.4 is 5.73 Å². The summed E-state index contributed by atoms with van der Waals surface area (Å²) in [5.74, 6) is 0. The van der Waals surface area contributed by atoms with Crippen molar-refractivity contribution in [3.05, 3.63) is 28.8 Å². The van der Waals surface area contributed by atoms with Crippen LogP contribution in [0.4, 0.5) is 5.69 Å². The number of nitrogen functional groups attached to an aromatic ring is 1. The third-order valence-corrected chi connectivity index (χ3v) is 2.46. The summed E-state index contributed by atoms with van der Waals surface area (Å²) in [5.41, 5.74) is 10.9. The lowest BCUT2D eigenvalue weighted by atomic mass is 9.99. The van der Waals surface area contributed by atoms with Gasteiger partial charge >= 0.3 is 0 Å². The second-order valence-electron chi connectivity index (χ2n) is 3.59. The molecule has 1 nitrogen and oxygen atoms in total. The third kappa shape index (κ3) is 2.24. The van der Waals surface area contributed by atoms with E-state index >= 15 is 0 Å². The van der Waals surface area contributed by atoms with E-state index in [-0.39, 0.29) is 0 Å². The molecule has 2 N–H and O–H groups in total. The number of aryl methyl sites for hydroxylation is 3. The number of nitrogens with two attached hydrogens (primary N) is 1. The highest BCUT2D eigenvalue weighted by molar-refractivity contribution is 5.55. The summed E-state index contributed by atoms with van der Waals surface area (Å²) in [5, 5.41) is 0. The van der Waals surface area contributed by atoms with Gasteiger partial charge in [-0.25, -0.2) is 0 Å². The van der Waals surface area contributed by atoms with E-state index in [2.05, 4.69) is 32.9 Å². The van der Waals surface area contributed by atoms with Gasteiger partial charge in [0.1, 0.15) is 0 Å². The minimum Gasteiger partial charge on any atom is -0.398 e. The van der Waals surface area contributed by atoms with Crippen LogP contribution in [0.3, 0.4) is 0 Å². The standard InChI is InChI=1S/C12H19N/c1-4-6-11-8-10(5-2)7-9(3)12(11)13/h7-8H,4-6,13H2,1-3H3. The molecule has 0 aliphatic carbocycles. The Hall–Kier alpha value is -0.980. The first-order chi connectivity index (χ1) is 6.19. The van der Waals surface area contributed by atoms with Crippen LogP contribution in [0.15, 0.2) is 12.1 Å². The molecule has 1 heteroatoms. The molecular formula is C12H19N. The van der Waals surface area contributed by atoms with Crippen molar-refractivity contribution in [2.75, 3.05) is 5.73 Å². The molecule has 0 aliphatic heterocycles. The number of anilines is 1. The first-order valence-corrected chi connectivity index (χ1v) is 5.06. The van der Waals surface area contributed by atoms with Crippen molar-refractivity contribution in [3.63, 3.8) is 0 Å². The van der Waals surface area contributed by atoms with Crippen LogP contribution in [-0.2, 0) is 12.8 Å². The van der Waals surface area contributed by atoms with Gasteiger partial charge < -0.3 is 5.73 Å². The lowest BCUT2D eigenvalue weighted by Crippen LogP contribution is -1.99. The van der Waals surface area contributed by atoms with E-state index in [1.165, 1.54) is 16.7 Å². The maximum absolute atomic E-state index is 5.99. The summed E-state index contributed by atoms with van der Waals surface area (Å²) in [6, 6.07) is 4.43. The number of hydrogen-bond donors (Lipinski definition) is 1. The molecule has 0 saturated carbocycles. The molecule has 0 fully saturated rings. The zero-order valence-corrected chi connectivity index (χ0v) is 8.85. The van der Waals surface area contributed by atoms with E-state index in [0.717, 1.165) is 24.9 Å². The van der Waals surface area contributed by atoms with Crippen LogP contribution in [0.2, 0.25) is 0 Å². The molecule has 0 aliphatic rings. The van der Waals surface area contributed by atoms with Gasteiger partial charge in [-0.05, 0) is 36.5 Å². The minimum absolute atomic E-state index is 0.985. The molecule has 1 rings (SSSR count). The average Bonchev–Trinajstić information content (AvgIpc) is 2.13. The molecular weight excluding hydrogens is 158 g/mol. The summed E-state index contributed by atoms with van der Waals surface area (Å²) in [6.45, 7) is 6.46. The Kier molecular flexibility index (Phi) is 3.35. The van der Waals surface area contributed by atoms with Gasteiger partial charge in [0.05, 0.1) is 0 Å². The summed E-state index contributed by atoms with van der Waals surface area (Å²) >= 11 is 0. The SMILES string of the molecule is CCCc1cc(CC)cc(C)c1N. The molecule has 1 aromatic carbocycles. The normalized spacial score (nSPS) is 10.4. The fourth-order valence-electron chi connectivity index (χ4n) is 1.63. The zero-order chi connectivity index (χ0) is 9.84. The summed E-state index contributed by atoms with van der Waals surface area (Å²) in [4.78, 5) is 0. The molecule has 0 saturated heterocycles. The van der Waals surface area contributed by atoms with Crippen molar-refractivity contribution in [2.24, 2.45) is 0 Å². The highest BCUT2D eigenvalue weighted by Crippen LogP contribution is 2.21. The molecule has 13 heavy (non-hydrogen) atoms. The monoisotopic (exact) mass is 177 g/mol. The fourth-order valence-corrected chi connectivity index (χ4v) is 1.63. The van der Waals surface area contributed by atoms with Gasteiger partial charge in [0, 0.05) is 5.69 Å². The smallest absolute Gasteiger partial charge is 0.0376 e. The molecule has 1 aromatic rings. The first-order valence-electron chi connectivity index (χ1n) is 5.06. The summed E-state index contributed by atoms with van der Waals surface area (Å²) < 4.78 is 0. The molecule has 0 radical (unpaired) electrons. The second-order valence-corrected chi connectivity index (χ2v) is 3.59. The largest absolute Gasteiger partial charge is 0.398 e. The Balaban J connectivity index is 3.09. The van der Waals surface area contributed by atoms with Crippen LogP contribution in [0.5, 0.6) is 0 Å². The molecule has 0 aromatic heterocycles. The number of benzene rings is 1. The van der Waals surface area contributed by atoms with Gasteiger partial charge in [0.25, 0.3) is 0 Å². The molecule has 0 amide bonds. The van der Waals surface area contributed by atoms with Crippen LogP contribution in [-0.4, -0.2) is 0 Å². The lowest BCUT2D eigenvalue weighted by molar-refractivity contribution is 0.918. The van der Waals surface area contributed by atoms with E-state index in [9.17, 15) is 0 Å². The van der Waals surface area contributed by atoms with E-state index in [0.29, 0.717) is 0 Å². The summed E-state index contributed by atoms with van der Waals surface area (Å²) in [7, 11) is 0. The molecule has 0 atom stereocenters. The Morgan fingerprint density at radius 2 is 1.92 bits per heavy atom. The van der Waals surface area contributed by atoms with Gasteiger partial charge in [-0.3, -0.25) is 0 Å². The van der Waals surface area contributed by atoms with E-state index in [1.54, 1.807) is 0 Å². The van der Waals surface area contributed by atoms with Gasteiger partial charge in [-0.1, -0.05) is 32.4 Å². The maximum Gasteiger partial charge on any atom is 0.0376 e. The Morgan fingerprint density at radius 1 is 1.23 bits per heavy atom. The molecule has 0 spiro atoms. The Morgan fingerprint density at radius 3 is 2.46 bits per heavy atom. The number of hydrogen-bond acceptors (Lipinski definition) is 1.